The zero-order chi connectivity index (χ0) is 44.0. The molecule has 1 atom stereocenters. The van der Waals surface area contributed by atoms with E-state index < -0.39 is 5.97 Å². The molecule has 0 fully saturated rings. The van der Waals surface area contributed by atoms with Crippen LogP contribution in [-0.2, 0) is 30.2 Å². The predicted molar refractivity (Wildman–Crippen MR) is 248 cm³/mol. The molecule has 1 heterocycles. The van der Waals surface area contributed by atoms with Gasteiger partial charge in [-0.15, -0.1) is 0 Å². The largest absolute Gasteiger partial charge is 0.491 e. The second-order valence-electron chi connectivity index (χ2n) is 13.1. The van der Waals surface area contributed by atoms with Gasteiger partial charge >= 0.3 is 5.97 Å². The number of nitrogens with two attached hydrogens (primary N) is 1. The first-order valence-electron chi connectivity index (χ1n) is 20.1. The quantitative estimate of drug-likeness (QED) is 0.0184. The third-order valence-electron chi connectivity index (χ3n) is 8.47. The number of methoxy groups -OCH3 is 1. The second kappa shape index (κ2) is 30.2. The first kappa shape index (κ1) is 50.3. The molecule has 4 aromatic carbocycles. The van der Waals surface area contributed by atoms with Crippen LogP contribution >= 0.6 is 11.3 Å². The Balaban J connectivity index is 0.000000564. The number of hydrogen-bond acceptors (Lipinski definition) is 11. The van der Waals surface area contributed by atoms with E-state index in [0.717, 1.165) is 58.7 Å². The number of rotatable bonds is 21. The molecule has 320 valence electrons. The SMILES string of the molecule is C=CC(=O)OCCCCOCC(COc1ccc(C(=C)Oc2ccc(-c3ccc(CCC)cc3)cc2C=N)cc1)OC.C=CC=O.CCCC.Nc1nc2ccccc2s1. The lowest BCUT2D eigenvalue weighted by molar-refractivity contribution is -0.137. The van der Waals surface area contributed by atoms with Crippen molar-refractivity contribution in [1.29, 1.82) is 5.41 Å². The molecule has 1 unspecified atom stereocenters. The number of para-hydroxylation sites is 1. The summed E-state index contributed by atoms with van der Waals surface area (Å²) in [6, 6.07) is 29.8. The molecule has 0 bridgehead atoms. The summed E-state index contributed by atoms with van der Waals surface area (Å²) in [5, 5.41) is 8.56. The highest BCUT2D eigenvalue weighted by molar-refractivity contribution is 7.22. The number of esters is 1. The first-order valence-corrected chi connectivity index (χ1v) is 20.9. The van der Waals surface area contributed by atoms with Gasteiger partial charge in [0, 0.05) is 37.1 Å². The lowest BCUT2D eigenvalue weighted by atomic mass is 10.0. The Labute approximate surface area is 360 Å². The highest BCUT2D eigenvalue weighted by Crippen LogP contribution is 2.29. The lowest BCUT2D eigenvalue weighted by Gasteiger charge is -2.17. The zero-order valence-corrected chi connectivity index (χ0v) is 36.3. The van der Waals surface area contributed by atoms with E-state index >= 15 is 0 Å². The Bertz CT molecular complexity index is 1990. The Morgan fingerprint density at radius 1 is 0.883 bits per heavy atom. The molecule has 0 spiro atoms. The normalized spacial score (nSPS) is 10.5. The number of anilines is 1. The highest BCUT2D eigenvalue weighted by atomic mass is 32.1. The minimum atomic E-state index is -0.413. The highest BCUT2D eigenvalue weighted by Gasteiger charge is 2.11. The van der Waals surface area contributed by atoms with E-state index in [0.29, 0.717) is 60.7 Å². The molecule has 0 amide bonds. The Morgan fingerprint density at radius 3 is 2.15 bits per heavy atom. The van der Waals surface area contributed by atoms with Crippen LogP contribution in [0.1, 0.15) is 69.6 Å². The number of carbonyl (C=O) groups excluding carboxylic acids is 2. The van der Waals surface area contributed by atoms with E-state index in [1.54, 1.807) is 7.11 Å². The number of nitrogens with zero attached hydrogens (tertiary/aromatic N) is 1. The van der Waals surface area contributed by atoms with Gasteiger partial charge in [-0.2, -0.15) is 0 Å². The minimum Gasteiger partial charge on any atom is -0.491 e. The van der Waals surface area contributed by atoms with Crippen LogP contribution in [0.4, 0.5) is 5.13 Å². The number of aromatic nitrogens is 1. The number of aryl methyl sites for hydroxylation is 1. The van der Waals surface area contributed by atoms with Crippen molar-refractivity contribution in [2.45, 2.75) is 65.4 Å². The third kappa shape index (κ3) is 19.2. The molecule has 60 heavy (non-hydrogen) atoms. The van der Waals surface area contributed by atoms with Crippen LogP contribution in [0.15, 0.2) is 123 Å². The zero-order valence-electron chi connectivity index (χ0n) is 35.5. The topological polar surface area (TPSA) is 143 Å². The number of nitrogen functional groups attached to an aromatic ring is 1. The van der Waals surface area contributed by atoms with Gasteiger partial charge in [0.15, 0.2) is 5.13 Å². The van der Waals surface area contributed by atoms with E-state index in [1.165, 1.54) is 42.0 Å². The lowest BCUT2D eigenvalue weighted by Crippen LogP contribution is -2.26. The summed E-state index contributed by atoms with van der Waals surface area (Å²) < 4.78 is 29.2. The molecule has 11 heteroatoms. The average Bonchev–Trinajstić information content (AvgIpc) is 3.68. The number of nitrogens with one attached hydrogen (secondary N) is 1. The Morgan fingerprint density at radius 2 is 1.55 bits per heavy atom. The van der Waals surface area contributed by atoms with E-state index in [-0.39, 0.29) is 6.10 Å². The Kier molecular flexibility index (Phi) is 25.3. The fourth-order valence-corrected chi connectivity index (χ4v) is 5.77. The van der Waals surface area contributed by atoms with Crippen molar-refractivity contribution < 1.29 is 33.3 Å². The van der Waals surface area contributed by atoms with E-state index in [2.05, 4.69) is 69.8 Å². The fourth-order valence-electron chi connectivity index (χ4n) is 5.03. The van der Waals surface area contributed by atoms with Gasteiger partial charge in [0.05, 0.1) is 23.4 Å². The van der Waals surface area contributed by atoms with Crippen molar-refractivity contribution in [3.05, 3.63) is 140 Å². The van der Waals surface area contributed by atoms with Crippen LogP contribution in [0.2, 0.25) is 0 Å². The molecule has 1 aromatic heterocycles. The number of unbranched alkanes of at least 4 members (excludes halogenated alkanes) is 2. The predicted octanol–water partition coefficient (Wildman–Crippen LogP) is 11.3. The molecular weight excluding hydrogens is 775 g/mol. The summed E-state index contributed by atoms with van der Waals surface area (Å²) in [6.45, 7) is 18.7. The summed E-state index contributed by atoms with van der Waals surface area (Å²) in [6.07, 6.45) is 10.4. The van der Waals surface area contributed by atoms with Crippen LogP contribution in [-0.4, -0.2) is 63.1 Å². The van der Waals surface area contributed by atoms with Gasteiger partial charge in [-0.1, -0.05) is 114 Å². The summed E-state index contributed by atoms with van der Waals surface area (Å²) in [7, 11) is 1.62. The van der Waals surface area contributed by atoms with Gasteiger partial charge < -0.3 is 34.8 Å². The summed E-state index contributed by atoms with van der Waals surface area (Å²) in [4.78, 5) is 24.2. The number of hydrogen-bond donors (Lipinski definition) is 2. The number of benzene rings is 4. The molecule has 0 aliphatic heterocycles. The average molecular weight is 836 g/mol. The minimum absolute atomic E-state index is 0.224. The van der Waals surface area contributed by atoms with Gasteiger partial charge in [-0.05, 0) is 90.6 Å². The molecule has 0 saturated carbocycles. The van der Waals surface area contributed by atoms with Crippen LogP contribution in [0.25, 0.3) is 27.1 Å². The molecule has 0 aliphatic rings. The molecule has 0 aliphatic carbocycles. The smallest absolute Gasteiger partial charge is 0.330 e. The van der Waals surface area contributed by atoms with Crippen LogP contribution in [0.5, 0.6) is 11.5 Å². The van der Waals surface area contributed by atoms with Crippen LogP contribution < -0.4 is 15.2 Å². The number of aldehydes is 1. The number of carbonyl (C=O) groups is 2. The van der Waals surface area contributed by atoms with Crippen molar-refractivity contribution in [2.24, 2.45) is 0 Å². The van der Waals surface area contributed by atoms with Gasteiger partial charge in [0.25, 0.3) is 0 Å². The maximum absolute atomic E-state index is 11.0. The molecule has 3 N–H and O–H groups in total. The summed E-state index contributed by atoms with van der Waals surface area (Å²) >= 11 is 1.52. The van der Waals surface area contributed by atoms with Crippen molar-refractivity contribution >= 4 is 50.9 Å². The van der Waals surface area contributed by atoms with E-state index in [1.807, 2.05) is 66.7 Å². The molecule has 0 radical (unpaired) electrons. The number of thiazole rings is 1. The van der Waals surface area contributed by atoms with Gasteiger partial charge in [0.1, 0.15) is 36.3 Å². The van der Waals surface area contributed by atoms with Crippen LogP contribution in [0, 0.1) is 5.41 Å². The summed E-state index contributed by atoms with van der Waals surface area (Å²) in [5.41, 5.74) is 11.4. The summed E-state index contributed by atoms with van der Waals surface area (Å²) in [5.74, 6) is 1.32. The molecule has 0 saturated heterocycles. The van der Waals surface area contributed by atoms with Crippen molar-refractivity contribution in [2.75, 3.05) is 39.3 Å². The Hall–Kier alpha value is -5.88. The molecule has 5 rings (SSSR count). The third-order valence-corrected chi connectivity index (χ3v) is 9.34. The number of allylic oxidation sites excluding steroid dienone is 1. The molecular formula is C49H61N3O7S. The van der Waals surface area contributed by atoms with Crippen molar-refractivity contribution in [3.8, 4) is 22.6 Å². The van der Waals surface area contributed by atoms with Crippen molar-refractivity contribution in [3.63, 3.8) is 0 Å². The van der Waals surface area contributed by atoms with E-state index in [9.17, 15) is 4.79 Å². The maximum Gasteiger partial charge on any atom is 0.330 e. The van der Waals surface area contributed by atoms with Gasteiger partial charge in [-0.25, -0.2) is 9.78 Å². The molecule has 5 aromatic rings. The number of fused-ring (bicyclic) bond motifs is 1. The second-order valence-corrected chi connectivity index (χ2v) is 14.2. The maximum atomic E-state index is 11.0. The van der Waals surface area contributed by atoms with E-state index in [4.69, 9.17) is 39.6 Å². The fraction of sp³-hybridized carbons (Fsp3) is 0.306. The first-order chi connectivity index (χ1) is 29.2. The van der Waals surface area contributed by atoms with Crippen molar-refractivity contribution in [1.82, 2.24) is 4.98 Å². The molecule has 10 nitrogen and oxygen atoms in total. The van der Waals surface area contributed by atoms with Gasteiger partial charge in [0.2, 0.25) is 0 Å². The van der Waals surface area contributed by atoms with Gasteiger partial charge in [-0.3, -0.25) is 4.79 Å². The van der Waals surface area contributed by atoms with Crippen LogP contribution in [0.3, 0.4) is 0 Å². The number of ether oxygens (including phenoxy) is 5. The standard InChI is InChI=1S/C35H41NO6.C7H6N2S.C4H10.C3H4O/c1-5-9-27-10-12-29(13-11-27)30-16-19-34(31(22-30)23-36)42-26(3)28-14-17-32(18-15-28)41-25-33(38-4)24-39-20-7-8-21-40-35(37)6-2;8-7-9-5-3-1-2-4-6(5)10-7;1-3-4-2;1-2-3-4/h6,10-19,22-23,33,36H,2-3,5,7-9,20-21,24-25H2,1,4H3;1-4H,(H2,8,9);3-4H2,1-2H3;2-3H,1H2. The monoisotopic (exact) mass is 835 g/mol.